The predicted molar refractivity (Wildman–Crippen MR) is 77.6 cm³/mol. The molecule has 1 aliphatic carbocycles. The van der Waals surface area contributed by atoms with E-state index in [-0.39, 0.29) is 0 Å². The second-order valence-electron chi connectivity index (χ2n) is 5.38. The monoisotopic (exact) mass is 258 g/mol. The van der Waals surface area contributed by atoms with Crippen LogP contribution in [-0.2, 0) is 0 Å². The van der Waals surface area contributed by atoms with Crippen molar-refractivity contribution in [2.75, 3.05) is 11.1 Å². The van der Waals surface area contributed by atoms with Crippen molar-refractivity contribution in [3.05, 3.63) is 17.8 Å². The van der Waals surface area contributed by atoms with Crippen LogP contribution in [0.1, 0.15) is 51.0 Å². The van der Waals surface area contributed by atoms with E-state index in [1.807, 2.05) is 0 Å². The zero-order valence-corrected chi connectivity index (χ0v) is 11.5. The first kappa shape index (κ1) is 13.7. The number of nitrogens with two attached hydrogens (primary N) is 1. The maximum Gasteiger partial charge on any atom is 0.150 e. The summed E-state index contributed by atoms with van der Waals surface area (Å²) in [5.74, 6) is 1.55. The second-order valence-corrected chi connectivity index (χ2v) is 5.38. The molecule has 1 heterocycles. The molecule has 0 aliphatic heterocycles. The van der Waals surface area contributed by atoms with E-state index in [0.717, 1.165) is 5.92 Å². The van der Waals surface area contributed by atoms with Gasteiger partial charge in [0.05, 0.1) is 11.3 Å². The van der Waals surface area contributed by atoms with Gasteiger partial charge in [-0.05, 0) is 37.7 Å². The lowest BCUT2D eigenvalue weighted by atomic mass is 9.83. The average Bonchev–Trinajstić information content (AvgIpc) is 2.43. The topological polar surface area (TPSA) is 74.7 Å². The molecule has 0 saturated heterocycles. The molecule has 0 bridgehead atoms. The van der Waals surface area contributed by atoms with E-state index in [4.69, 9.17) is 11.0 Å². The highest BCUT2D eigenvalue weighted by Gasteiger charge is 2.21. The normalized spacial score (nSPS) is 22.7. The van der Waals surface area contributed by atoms with E-state index in [2.05, 4.69) is 23.3 Å². The lowest BCUT2D eigenvalue weighted by Crippen LogP contribution is -2.27. The van der Waals surface area contributed by atoms with Gasteiger partial charge in [-0.1, -0.05) is 19.8 Å². The summed E-state index contributed by atoms with van der Waals surface area (Å²) in [5, 5.41) is 12.4. The summed E-state index contributed by atoms with van der Waals surface area (Å²) in [6, 6.07) is 4.18. The molecule has 1 aromatic heterocycles. The molecule has 4 nitrogen and oxygen atoms in total. The third-order valence-electron chi connectivity index (χ3n) is 4.00. The van der Waals surface area contributed by atoms with E-state index in [1.165, 1.54) is 38.5 Å². The largest absolute Gasteiger partial charge is 0.395 e. The number of anilines is 2. The highest BCUT2D eigenvalue weighted by atomic mass is 15.0. The van der Waals surface area contributed by atoms with Crippen LogP contribution in [-0.4, -0.2) is 11.0 Å². The highest BCUT2D eigenvalue weighted by molar-refractivity contribution is 5.69. The third kappa shape index (κ3) is 3.37. The van der Waals surface area contributed by atoms with Crippen LogP contribution in [0.4, 0.5) is 11.5 Å². The Kier molecular flexibility index (Phi) is 4.62. The number of hydrogen-bond donors (Lipinski definition) is 2. The summed E-state index contributed by atoms with van der Waals surface area (Å²) in [6.45, 7) is 2.25. The SMILES string of the molecule is CCCC1CCC(Nc2nccc(C#N)c2N)CC1. The van der Waals surface area contributed by atoms with Gasteiger partial charge >= 0.3 is 0 Å². The van der Waals surface area contributed by atoms with E-state index in [1.54, 1.807) is 12.3 Å². The van der Waals surface area contributed by atoms with Crippen molar-refractivity contribution in [1.82, 2.24) is 4.98 Å². The van der Waals surface area contributed by atoms with Crippen molar-refractivity contribution in [3.63, 3.8) is 0 Å². The van der Waals surface area contributed by atoms with Crippen LogP contribution in [0.2, 0.25) is 0 Å². The quantitative estimate of drug-likeness (QED) is 0.868. The van der Waals surface area contributed by atoms with Crippen molar-refractivity contribution in [2.45, 2.75) is 51.5 Å². The van der Waals surface area contributed by atoms with Gasteiger partial charge in [0, 0.05) is 12.2 Å². The molecule has 0 aromatic carbocycles. The van der Waals surface area contributed by atoms with E-state index >= 15 is 0 Å². The van der Waals surface area contributed by atoms with Crippen molar-refractivity contribution < 1.29 is 0 Å². The first-order valence-corrected chi connectivity index (χ1v) is 7.15. The smallest absolute Gasteiger partial charge is 0.150 e. The number of rotatable bonds is 4. The Morgan fingerprint density at radius 2 is 2.16 bits per heavy atom. The molecule has 0 spiro atoms. The summed E-state index contributed by atoms with van der Waals surface area (Å²) in [4.78, 5) is 4.25. The summed E-state index contributed by atoms with van der Waals surface area (Å²) in [7, 11) is 0. The number of pyridine rings is 1. The molecule has 0 radical (unpaired) electrons. The van der Waals surface area contributed by atoms with E-state index < -0.39 is 0 Å². The number of nitrogens with one attached hydrogen (secondary N) is 1. The Morgan fingerprint density at radius 1 is 1.42 bits per heavy atom. The van der Waals surface area contributed by atoms with Gasteiger partial charge in [-0.25, -0.2) is 4.98 Å². The van der Waals surface area contributed by atoms with Gasteiger partial charge < -0.3 is 11.1 Å². The van der Waals surface area contributed by atoms with Crippen molar-refractivity contribution in [3.8, 4) is 6.07 Å². The van der Waals surface area contributed by atoms with Gasteiger partial charge in [0.25, 0.3) is 0 Å². The molecule has 1 fully saturated rings. The molecule has 0 unspecified atom stereocenters. The Labute approximate surface area is 115 Å². The lowest BCUT2D eigenvalue weighted by Gasteiger charge is -2.29. The van der Waals surface area contributed by atoms with Gasteiger partial charge in [-0.3, -0.25) is 0 Å². The predicted octanol–water partition coefficient (Wildman–Crippen LogP) is 3.31. The highest BCUT2D eigenvalue weighted by Crippen LogP contribution is 2.30. The zero-order valence-electron chi connectivity index (χ0n) is 11.5. The van der Waals surface area contributed by atoms with Crippen LogP contribution < -0.4 is 11.1 Å². The molecule has 102 valence electrons. The molecule has 1 aromatic rings. The van der Waals surface area contributed by atoms with E-state index in [0.29, 0.717) is 23.1 Å². The molecule has 0 amide bonds. The zero-order chi connectivity index (χ0) is 13.7. The van der Waals surface area contributed by atoms with Gasteiger partial charge in [-0.2, -0.15) is 5.26 Å². The van der Waals surface area contributed by atoms with Gasteiger partial charge in [0.15, 0.2) is 5.82 Å². The third-order valence-corrected chi connectivity index (χ3v) is 4.00. The lowest BCUT2D eigenvalue weighted by molar-refractivity contribution is 0.318. The second kappa shape index (κ2) is 6.42. The van der Waals surface area contributed by atoms with Crippen LogP contribution >= 0.6 is 0 Å². The minimum absolute atomic E-state index is 0.442. The maximum atomic E-state index is 8.96. The average molecular weight is 258 g/mol. The maximum absolute atomic E-state index is 8.96. The van der Waals surface area contributed by atoms with E-state index in [9.17, 15) is 0 Å². The molecular weight excluding hydrogens is 236 g/mol. The van der Waals surface area contributed by atoms with Crippen LogP contribution in [0.3, 0.4) is 0 Å². The minimum atomic E-state index is 0.442. The van der Waals surface area contributed by atoms with Crippen molar-refractivity contribution in [1.29, 1.82) is 5.26 Å². The van der Waals surface area contributed by atoms with Gasteiger partial charge in [-0.15, -0.1) is 0 Å². The molecule has 2 rings (SSSR count). The molecule has 3 N–H and O–H groups in total. The van der Waals surface area contributed by atoms with Crippen LogP contribution in [0.15, 0.2) is 12.3 Å². The van der Waals surface area contributed by atoms with Crippen molar-refractivity contribution in [2.24, 2.45) is 5.92 Å². The van der Waals surface area contributed by atoms with Crippen molar-refractivity contribution >= 4 is 11.5 Å². The number of aromatic nitrogens is 1. The Hall–Kier alpha value is -1.76. The first-order valence-electron chi connectivity index (χ1n) is 7.15. The number of nitriles is 1. The minimum Gasteiger partial charge on any atom is -0.395 e. The Balaban J connectivity index is 1.94. The summed E-state index contributed by atoms with van der Waals surface area (Å²) in [6.07, 6.45) is 9.16. The molecule has 4 heteroatoms. The van der Waals surface area contributed by atoms with Gasteiger partial charge in [0.2, 0.25) is 0 Å². The standard InChI is InChI=1S/C15H22N4/c1-2-3-11-4-6-13(7-5-11)19-15-14(17)12(10-16)8-9-18-15/h8-9,11,13H,2-7,17H2,1H3,(H,18,19). The fourth-order valence-electron chi connectivity index (χ4n) is 2.88. The molecule has 1 aliphatic rings. The first-order chi connectivity index (χ1) is 9.24. The Bertz CT molecular complexity index is 456. The molecule has 0 atom stereocenters. The number of hydrogen-bond acceptors (Lipinski definition) is 4. The van der Waals surface area contributed by atoms with Crippen LogP contribution in [0, 0.1) is 17.2 Å². The van der Waals surface area contributed by atoms with Gasteiger partial charge in [0.1, 0.15) is 6.07 Å². The fourth-order valence-corrected chi connectivity index (χ4v) is 2.88. The number of nitrogens with zero attached hydrogens (tertiary/aromatic N) is 2. The molecule has 19 heavy (non-hydrogen) atoms. The Morgan fingerprint density at radius 3 is 2.79 bits per heavy atom. The summed E-state index contributed by atoms with van der Waals surface area (Å²) in [5.41, 5.74) is 6.91. The summed E-state index contributed by atoms with van der Waals surface area (Å²) >= 11 is 0. The van der Waals surface area contributed by atoms with Crippen LogP contribution in [0.5, 0.6) is 0 Å². The number of nitrogen functional groups attached to an aromatic ring is 1. The summed E-state index contributed by atoms with van der Waals surface area (Å²) < 4.78 is 0. The fraction of sp³-hybridized carbons (Fsp3) is 0.600. The van der Waals surface area contributed by atoms with Crippen LogP contribution in [0.25, 0.3) is 0 Å². The molecular formula is C15H22N4. The molecule has 1 saturated carbocycles.